The number of carbonyl (C=O) groups excluding carboxylic acids is 1. The molecule has 0 aliphatic heterocycles. The number of unbranched alkanes of at least 4 members (excludes halogenated alkanes) is 3. The number of hydrogen-bond acceptors (Lipinski definition) is 2. The van der Waals surface area contributed by atoms with Gasteiger partial charge in [0.25, 0.3) is 0 Å². The van der Waals surface area contributed by atoms with E-state index in [1.165, 1.54) is 19.3 Å². The second-order valence-electron chi connectivity index (χ2n) is 4.55. The summed E-state index contributed by atoms with van der Waals surface area (Å²) in [5.41, 5.74) is -0.280. The fourth-order valence-electron chi connectivity index (χ4n) is 1.53. The molecular weight excluding hydrogens is 176 g/mol. The first kappa shape index (κ1) is 13.6. The molecule has 0 aliphatic rings. The fraction of sp³-hybridized carbons (Fsp3) is 0.917. The molecule has 0 fully saturated rings. The Hall–Kier alpha value is -0.370. The van der Waals surface area contributed by atoms with Crippen LogP contribution in [0.1, 0.15) is 59.8 Å². The van der Waals surface area contributed by atoms with Crippen LogP contribution in [0.2, 0.25) is 0 Å². The summed E-state index contributed by atoms with van der Waals surface area (Å²) in [7, 11) is 0. The van der Waals surface area contributed by atoms with Gasteiger partial charge in [-0.3, -0.25) is 4.79 Å². The zero-order chi connectivity index (χ0) is 11.0. The summed E-state index contributed by atoms with van der Waals surface area (Å²) < 4.78 is 5.67. The SMILES string of the molecule is CCCCCCOC(C)(C)CC(C)=O. The van der Waals surface area contributed by atoms with Crippen LogP contribution in [0.4, 0.5) is 0 Å². The Morgan fingerprint density at radius 1 is 1.21 bits per heavy atom. The van der Waals surface area contributed by atoms with Crippen molar-refractivity contribution in [1.82, 2.24) is 0 Å². The summed E-state index contributed by atoms with van der Waals surface area (Å²) in [5, 5.41) is 0. The summed E-state index contributed by atoms with van der Waals surface area (Å²) in [6, 6.07) is 0. The Labute approximate surface area is 88.0 Å². The zero-order valence-corrected chi connectivity index (χ0v) is 10.1. The van der Waals surface area contributed by atoms with Crippen molar-refractivity contribution in [3.8, 4) is 0 Å². The molecule has 0 unspecified atom stereocenters. The first-order valence-electron chi connectivity index (χ1n) is 5.61. The Kier molecular flexibility index (Phi) is 6.81. The first-order valence-corrected chi connectivity index (χ1v) is 5.61. The molecule has 0 aromatic carbocycles. The third-order valence-corrected chi connectivity index (χ3v) is 2.17. The molecule has 0 saturated carbocycles. The number of hydrogen-bond donors (Lipinski definition) is 0. The van der Waals surface area contributed by atoms with Gasteiger partial charge >= 0.3 is 0 Å². The molecule has 0 aromatic heterocycles. The van der Waals surface area contributed by atoms with E-state index < -0.39 is 0 Å². The first-order chi connectivity index (χ1) is 6.48. The van der Waals surface area contributed by atoms with Gasteiger partial charge in [-0.1, -0.05) is 26.2 Å². The number of Topliss-reactive ketones (excluding diaryl/α,β-unsaturated/α-hetero) is 1. The number of ketones is 1. The highest BCUT2D eigenvalue weighted by Gasteiger charge is 2.19. The van der Waals surface area contributed by atoms with E-state index >= 15 is 0 Å². The highest BCUT2D eigenvalue weighted by molar-refractivity contribution is 5.76. The maximum Gasteiger partial charge on any atom is 0.132 e. The second-order valence-corrected chi connectivity index (χ2v) is 4.55. The van der Waals surface area contributed by atoms with Crippen LogP contribution in [0.15, 0.2) is 0 Å². The minimum Gasteiger partial charge on any atom is -0.375 e. The summed E-state index contributed by atoms with van der Waals surface area (Å²) in [6.45, 7) is 8.55. The average molecular weight is 200 g/mol. The number of carbonyl (C=O) groups is 1. The lowest BCUT2D eigenvalue weighted by atomic mass is 10.0. The van der Waals surface area contributed by atoms with E-state index in [1.54, 1.807) is 6.92 Å². The number of rotatable bonds is 8. The van der Waals surface area contributed by atoms with Gasteiger partial charge in [0.15, 0.2) is 0 Å². The monoisotopic (exact) mass is 200 g/mol. The van der Waals surface area contributed by atoms with E-state index in [4.69, 9.17) is 4.74 Å². The highest BCUT2D eigenvalue weighted by Crippen LogP contribution is 2.15. The maximum absolute atomic E-state index is 10.9. The van der Waals surface area contributed by atoms with Gasteiger partial charge in [0.1, 0.15) is 5.78 Å². The smallest absolute Gasteiger partial charge is 0.132 e. The minimum atomic E-state index is -0.280. The van der Waals surface area contributed by atoms with E-state index in [2.05, 4.69) is 6.92 Å². The van der Waals surface area contributed by atoms with Crippen molar-refractivity contribution in [3.63, 3.8) is 0 Å². The van der Waals surface area contributed by atoms with Crippen molar-refractivity contribution in [2.45, 2.75) is 65.4 Å². The van der Waals surface area contributed by atoms with Gasteiger partial charge in [-0.05, 0) is 27.2 Å². The van der Waals surface area contributed by atoms with Gasteiger partial charge in [0.2, 0.25) is 0 Å². The van der Waals surface area contributed by atoms with Gasteiger partial charge in [0.05, 0.1) is 5.60 Å². The molecule has 0 N–H and O–H groups in total. The molecule has 0 spiro atoms. The summed E-state index contributed by atoms with van der Waals surface area (Å²) in [5.74, 6) is 0.198. The van der Waals surface area contributed by atoms with Crippen molar-refractivity contribution < 1.29 is 9.53 Å². The van der Waals surface area contributed by atoms with Crippen molar-refractivity contribution in [2.24, 2.45) is 0 Å². The predicted molar refractivity (Wildman–Crippen MR) is 59.5 cm³/mol. The van der Waals surface area contributed by atoms with E-state index in [0.29, 0.717) is 6.42 Å². The Morgan fingerprint density at radius 3 is 2.36 bits per heavy atom. The highest BCUT2D eigenvalue weighted by atomic mass is 16.5. The summed E-state index contributed by atoms with van der Waals surface area (Å²) in [4.78, 5) is 10.9. The van der Waals surface area contributed by atoms with Crippen molar-refractivity contribution in [2.75, 3.05) is 6.61 Å². The molecule has 2 heteroatoms. The van der Waals surface area contributed by atoms with Crippen LogP contribution in [-0.2, 0) is 9.53 Å². The van der Waals surface area contributed by atoms with Crippen LogP contribution >= 0.6 is 0 Å². The molecule has 0 saturated heterocycles. The molecule has 0 aliphatic carbocycles. The second kappa shape index (κ2) is 6.99. The van der Waals surface area contributed by atoms with Crippen molar-refractivity contribution in [3.05, 3.63) is 0 Å². The Balaban J connectivity index is 3.50. The van der Waals surface area contributed by atoms with Crippen LogP contribution in [0.5, 0.6) is 0 Å². The molecule has 0 bridgehead atoms. The van der Waals surface area contributed by atoms with Crippen molar-refractivity contribution >= 4 is 5.78 Å². The van der Waals surface area contributed by atoms with Crippen LogP contribution in [0, 0.1) is 0 Å². The fourth-order valence-corrected chi connectivity index (χ4v) is 1.53. The normalized spacial score (nSPS) is 11.7. The molecular formula is C12H24O2. The molecule has 0 radical (unpaired) electrons. The molecule has 0 heterocycles. The maximum atomic E-state index is 10.9. The molecule has 2 nitrogen and oxygen atoms in total. The van der Waals surface area contributed by atoms with E-state index in [1.807, 2.05) is 13.8 Å². The number of ether oxygens (including phenoxy) is 1. The molecule has 0 atom stereocenters. The molecule has 0 rings (SSSR count). The lowest BCUT2D eigenvalue weighted by Gasteiger charge is -2.23. The molecule has 84 valence electrons. The Morgan fingerprint density at radius 2 is 1.86 bits per heavy atom. The molecule has 14 heavy (non-hydrogen) atoms. The van der Waals surface area contributed by atoms with Crippen LogP contribution in [0.25, 0.3) is 0 Å². The Bertz CT molecular complexity index is 162. The zero-order valence-electron chi connectivity index (χ0n) is 10.1. The average Bonchev–Trinajstić information content (AvgIpc) is 2.01. The van der Waals surface area contributed by atoms with Crippen molar-refractivity contribution in [1.29, 1.82) is 0 Å². The lowest BCUT2D eigenvalue weighted by Crippen LogP contribution is -2.27. The molecule has 0 amide bonds. The standard InChI is InChI=1S/C12H24O2/c1-5-6-7-8-9-14-12(3,4)10-11(2)13/h5-10H2,1-4H3. The van der Waals surface area contributed by atoms with Gasteiger partial charge in [0, 0.05) is 13.0 Å². The summed E-state index contributed by atoms with van der Waals surface area (Å²) >= 11 is 0. The quantitative estimate of drug-likeness (QED) is 0.562. The minimum absolute atomic E-state index is 0.198. The topological polar surface area (TPSA) is 26.3 Å². The lowest BCUT2D eigenvalue weighted by molar-refractivity contribution is -0.123. The van der Waals surface area contributed by atoms with Gasteiger partial charge in [-0.15, -0.1) is 0 Å². The van der Waals surface area contributed by atoms with E-state index in [-0.39, 0.29) is 11.4 Å². The van der Waals surface area contributed by atoms with Gasteiger partial charge < -0.3 is 4.74 Å². The van der Waals surface area contributed by atoms with E-state index in [0.717, 1.165) is 13.0 Å². The summed E-state index contributed by atoms with van der Waals surface area (Å²) in [6.07, 6.45) is 5.37. The van der Waals surface area contributed by atoms with Gasteiger partial charge in [-0.25, -0.2) is 0 Å². The third kappa shape index (κ3) is 8.24. The molecule has 0 aromatic rings. The third-order valence-electron chi connectivity index (χ3n) is 2.17. The van der Waals surface area contributed by atoms with Crippen LogP contribution in [0.3, 0.4) is 0 Å². The van der Waals surface area contributed by atoms with E-state index in [9.17, 15) is 4.79 Å². The van der Waals surface area contributed by atoms with Crippen LogP contribution < -0.4 is 0 Å². The predicted octanol–water partition coefficient (Wildman–Crippen LogP) is 3.34. The largest absolute Gasteiger partial charge is 0.375 e. The van der Waals surface area contributed by atoms with Gasteiger partial charge in [-0.2, -0.15) is 0 Å². The van der Waals surface area contributed by atoms with Crippen LogP contribution in [-0.4, -0.2) is 18.0 Å².